The quantitative estimate of drug-likeness (QED) is 0.553. The van der Waals surface area contributed by atoms with Crippen molar-refractivity contribution in [2.45, 2.75) is 32.2 Å². The van der Waals surface area contributed by atoms with Crippen molar-refractivity contribution in [2.24, 2.45) is 0 Å². The fraction of sp³-hybridized carbons (Fsp3) is 0.700. The molecule has 0 aliphatic heterocycles. The highest BCUT2D eigenvalue weighted by molar-refractivity contribution is 5.76. The van der Waals surface area contributed by atoms with Crippen LogP contribution in [0.2, 0.25) is 0 Å². The number of methoxy groups -OCH3 is 1. The Morgan fingerprint density at radius 1 is 1.35 bits per heavy atom. The van der Waals surface area contributed by atoms with Crippen molar-refractivity contribution in [2.75, 3.05) is 13.7 Å². The monoisotopic (exact) mass is 246 g/mol. The summed E-state index contributed by atoms with van der Waals surface area (Å²) in [5.41, 5.74) is 0. The van der Waals surface area contributed by atoms with Crippen molar-refractivity contribution >= 4 is 18.0 Å². The second-order valence-corrected chi connectivity index (χ2v) is 3.43. The number of aliphatic carboxylic acids is 1. The number of hydrogen-bond acceptors (Lipinski definition) is 4. The number of carboxylic acids is 1. The number of carbonyl (C=O) groups excluding carboxylic acids is 2. The van der Waals surface area contributed by atoms with Gasteiger partial charge >= 0.3 is 18.0 Å². The largest absolute Gasteiger partial charge is 0.481 e. The Morgan fingerprint density at radius 3 is 2.47 bits per heavy atom. The molecule has 98 valence electrons. The van der Waals surface area contributed by atoms with Gasteiger partial charge in [-0.15, -0.1) is 0 Å². The first kappa shape index (κ1) is 15.2. The predicted octanol–water partition coefficient (Wildman–Crippen LogP) is 0.102. The third-order valence-electron chi connectivity index (χ3n) is 2.09. The van der Waals surface area contributed by atoms with E-state index >= 15 is 0 Å². The van der Waals surface area contributed by atoms with E-state index in [0.717, 1.165) is 0 Å². The number of rotatable bonds is 7. The van der Waals surface area contributed by atoms with Gasteiger partial charge in [0.05, 0.1) is 20.0 Å². The smallest absolute Gasteiger partial charge is 0.315 e. The van der Waals surface area contributed by atoms with Crippen LogP contribution in [-0.4, -0.2) is 42.8 Å². The predicted molar refractivity (Wildman–Crippen MR) is 59.5 cm³/mol. The highest BCUT2D eigenvalue weighted by Gasteiger charge is 2.13. The van der Waals surface area contributed by atoms with Crippen LogP contribution in [0.3, 0.4) is 0 Å². The zero-order valence-electron chi connectivity index (χ0n) is 9.99. The van der Waals surface area contributed by atoms with Crippen LogP contribution in [-0.2, 0) is 14.3 Å². The third-order valence-corrected chi connectivity index (χ3v) is 2.09. The first-order valence-corrected chi connectivity index (χ1v) is 5.32. The average Bonchev–Trinajstić information content (AvgIpc) is 2.27. The minimum Gasteiger partial charge on any atom is -0.481 e. The summed E-state index contributed by atoms with van der Waals surface area (Å²) >= 11 is 0. The first-order chi connectivity index (χ1) is 7.99. The van der Waals surface area contributed by atoms with Gasteiger partial charge in [-0.25, -0.2) is 4.79 Å². The van der Waals surface area contributed by atoms with Crippen molar-refractivity contribution in [1.29, 1.82) is 0 Å². The maximum Gasteiger partial charge on any atom is 0.315 e. The van der Waals surface area contributed by atoms with Gasteiger partial charge in [0, 0.05) is 12.6 Å². The summed E-state index contributed by atoms with van der Waals surface area (Å²) < 4.78 is 4.40. The Labute approximate surface area is 99.5 Å². The lowest BCUT2D eigenvalue weighted by molar-refractivity contribution is -0.140. The van der Waals surface area contributed by atoms with E-state index in [4.69, 9.17) is 5.11 Å². The summed E-state index contributed by atoms with van der Waals surface area (Å²) in [6.45, 7) is 1.93. The second-order valence-electron chi connectivity index (χ2n) is 3.43. The number of carbonyl (C=O) groups is 3. The molecule has 0 aromatic rings. The van der Waals surface area contributed by atoms with Crippen molar-refractivity contribution in [3.8, 4) is 0 Å². The van der Waals surface area contributed by atoms with Gasteiger partial charge in [-0.2, -0.15) is 0 Å². The van der Waals surface area contributed by atoms with Crippen LogP contribution in [0.25, 0.3) is 0 Å². The SMILES string of the molecule is CCC(CC(=O)O)NC(=O)NCCC(=O)OC. The van der Waals surface area contributed by atoms with Gasteiger partial charge in [-0.3, -0.25) is 9.59 Å². The molecule has 0 aromatic heterocycles. The molecule has 0 saturated carbocycles. The molecular weight excluding hydrogens is 228 g/mol. The molecule has 1 unspecified atom stereocenters. The van der Waals surface area contributed by atoms with Crippen molar-refractivity contribution < 1.29 is 24.2 Å². The Bertz CT molecular complexity index is 280. The van der Waals surface area contributed by atoms with Crippen molar-refractivity contribution in [3.63, 3.8) is 0 Å². The van der Waals surface area contributed by atoms with Gasteiger partial charge in [-0.1, -0.05) is 6.92 Å². The van der Waals surface area contributed by atoms with Gasteiger partial charge < -0.3 is 20.5 Å². The van der Waals surface area contributed by atoms with Gasteiger partial charge in [0.25, 0.3) is 0 Å². The highest BCUT2D eigenvalue weighted by Crippen LogP contribution is 1.97. The minimum absolute atomic E-state index is 0.0830. The fourth-order valence-electron chi connectivity index (χ4n) is 1.12. The number of hydrogen-bond donors (Lipinski definition) is 3. The zero-order chi connectivity index (χ0) is 13.3. The van der Waals surface area contributed by atoms with E-state index in [2.05, 4.69) is 15.4 Å². The van der Waals surface area contributed by atoms with Crippen LogP contribution in [0.5, 0.6) is 0 Å². The molecule has 2 amide bonds. The molecule has 0 aliphatic rings. The van der Waals surface area contributed by atoms with E-state index < -0.39 is 24.0 Å². The summed E-state index contributed by atoms with van der Waals surface area (Å²) in [5, 5.41) is 13.5. The number of nitrogens with one attached hydrogen (secondary N) is 2. The van der Waals surface area contributed by atoms with E-state index in [1.165, 1.54) is 7.11 Å². The maximum atomic E-state index is 11.3. The number of ether oxygens (including phenoxy) is 1. The van der Waals surface area contributed by atoms with E-state index in [1.807, 2.05) is 0 Å². The summed E-state index contributed by atoms with van der Waals surface area (Å²) in [6, 6.07) is -0.896. The average molecular weight is 246 g/mol. The van der Waals surface area contributed by atoms with E-state index in [0.29, 0.717) is 6.42 Å². The van der Waals surface area contributed by atoms with Crippen LogP contribution in [0, 0.1) is 0 Å². The Morgan fingerprint density at radius 2 is 2.00 bits per heavy atom. The molecule has 0 spiro atoms. The molecule has 3 N–H and O–H groups in total. The lowest BCUT2D eigenvalue weighted by Crippen LogP contribution is -2.43. The van der Waals surface area contributed by atoms with Gasteiger partial charge in [0.2, 0.25) is 0 Å². The number of amides is 2. The Balaban J connectivity index is 3.83. The van der Waals surface area contributed by atoms with E-state index in [-0.39, 0.29) is 19.4 Å². The lowest BCUT2D eigenvalue weighted by atomic mass is 10.1. The van der Waals surface area contributed by atoms with Crippen LogP contribution in [0.1, 0.15) is 26.2 Å². The number of carboxylic acid groups (broad SMARTS) is 1. The second kappa shape index (κ2) is 8.37. The Hall–Kier alpha value is -1.79. The van der Waals surface area contributed by atoms with Crippen molar-refractivity contribution in [1.82, 2.24) is 10.6 Å². The van der Waals surface area contributed by atoms with Crippen LogP contribution in [0.4, 0.5) is 4.79 Å². The zero-order valence-corrected chi connectivity index (χ0v) is 9.99. The topological polar surface area (TPSA) is 105 Å². The first-order valence-electron chi connectivity index (χ1n) is 5.32. The molecule has 0 fully saturated rings. The normalized spacial score (nSPS) is 11.4. The van der Waals surface area contributed by atoms with Gasteiger partial charge in [-0.05, 0) is 6.42 Å². The lowest BCUT2D eigenvalue weighted by Gasteiger charge is -2.15. The van der Waals surface area contributed by atoms with Gasteiger partial charge in [0.1, 0.15) is 0 Å². The molecule has 0 heterocycles. The molecule has 17 heavy (non-hydrogen) atoms. The fourth-order valence-corrected chi connectivity index (χ4v) is 1.12. The summed E-state index contributed by atoms with van der Waals surface area (Å²) in [6.07, 6.45) is 0.483. The highest BCUT2D eigenvalue weighted by atomic mass is 16.5. The molecule has 1 atom stereocenters. The van der Waals surface area contributed by atoms with Crippen LogP contribution in [0.15, 0.2) is 0 Å². The summed E-state index contributed by atoms with van der Waals surface area (Å²) in [7, 11) is 1.27. The maximum absolute atomic E-state index is 11.3. The molecule has 0 saturated heterocycles. The molecule has 0 rings (SSSR count). The third kappa shape index (κ3) is 8.06. The summed E-state index contributed by atoms with van der Waals surface area (Å²) in [4.78, 5) is 32.5. The molecule has 0 aromatic carbocycles. The van der Waals surface area contributed by atoms with E-state index in [1.54, 1.807) is 6.92 Å². The Kier molecular flexibility index (Phi) is 7.49. The summed E-state index contributed by atoms with van der Waals surface area (Å²) in [5.74, 6) is -1.38. The standard InChI is InChI=1S/C10H18N2O5/c1-3-7(6-8(13)14)12-10(16)11-5-4-9(15)17-2/h7H,3-6H2,1-2H3,(H,13,14)(H2,11,12,16). The van der Waals surface area contributed by atoms with E-state index in [9.17, 15) is 14.4 Å². The molecule has 0 radical (unpaired) electrons. The molecular formula is C10H18N2O5. The van der Waals surface area contributed by atoms with Crippen LogP contribution >= 0.6 is 0 Å². The van der Waals surface area contributed by atoms with Gasteiger partial charge in [0.15, 0.2) is 0 Å². The van der Waals surface area contributed by atoms with Crippen molar-refractivity contribution in [3.05, 3.63) is 0 Å². The van der Waals surface area contributed by atoms with Crippen LogP contribution < -0.4 is 10.6 Å². The molecule has 0 aliphatic carbocycles. The molecule has 7 nitrogen and oxygen atoms in total. The number of esters is 1. The molecule has 7 heteroatoms. The number of urea groups is 1. The minimum atomic E-state index is -0.966. The molecule has 0 bridgehead atoms.